The van der Waals surface area contributed by atoms with Crippen molar-refractivity contribution in [1.29, 1.82) is 0 Å². The summed E-state index contributed by atoms with van der Waals surface area (Å²) in [7, 11) is 2.89. The molecule has 0 unspecified atom stereocenters. The van der Waals surface area contributed by atoms with Crippen LogP contribution >= 0.6 is 36.4 Å². The first-order chi connectivity index (χ1) is 12.1. The average Bonchev–Trinajstić information content (AvgIpc) is 3.24. The molecule has 0 radical (unpaired) electrons. The summed E-state index contributed by atoms with van der Waals surface area (Å²) in [6.07, 6.45) is 3.60. The third-order valence-corrected chi connectivity index (χ3v) is 4.36. The topological polar surface area (TPSA) is 71.2 Å². The molecule has 27 heavy (non-hydrogen) atoms. The number of halogens is 3. The quantitative estimate of drug-likeness (QED) is 0.436. The molecule has 2 aromatic heterocycles. The number of nitrogens with zero attached hydrogens (tertiary/aromatic N) is 4. The zero-order valence-corrected chi connectivity index (χ0v) is 17.5. The van der Waals surface area contributed by atoms with Crippen molar-refractivity contribution < 1.29 is 14.3 Å². The Bertz CT molecular complexity index is 924. The maximum Gasteiger partial charge on any atom is 0.338 e. The van der Waals surface area contributed by atoms with Gasteiger partial charge in [0.1, 0.15) is 17.1 Å². The summed E-state index contributed by atoms with van der Waals surface area (Å²) in [4.78, 5) is 20.8. The molecule has 0 saturated heterocycles. The Hall–Kier alpha value is -1.96. The minimum absolute atomic E-state index is 0. The lowest BCUT2D eigenvalue weighted by Gasteiger charge is -2.11. The van der Waals surface area contributed by atoms with Gasteiger partial charge in [0.05, 0.1) is 49.7 Å². The lowest BCUT2D eigenvalue weighted by molar-refractivity contribution is 0.0600. The highest BCUT2D eigenvalue weighted by molar-refractivity contribution is 6.17. The normalized spacial score (nSPS) is 10.2. The first kappa shape index (κ1) is 23.1. The number of imidazole rings is 2. The van der Waals surface area contributed by atoms with Crippen LogP contribution < -0.4 is 4.74 Å². The number of aromatic nitrogens is 4. The summed E-state index contributed by atoms with van der Waals surface area (Å²) in [6, 6.07) is 3.37. The van der Waals surface area contributed by atoms with E-state index in [9.17, 15) is 4.79 Å². The highest BCUT2D eigenvalue weighted by Crippen LogP contribution is 2.29. The van der Waals surface area contributed by atoms with Crippen LogP contribution in [0.1, 0.15) is 28.8 Å². The SMILES string of the molecule is CCn1cncc1Cn1c(CCl)nc2c(OC)cc(C(=O)OC)cc21.Cl.Cl. The molecule has 0 bridgehead atoms. The molecular weight excluding hydrogens is 415 g/mol. The highest BCUT2D eigenvalue weighted by atomic mass is 35.5. The van der Waals surface area contributed by atoms with Gasteiger partial charge in [-0.15, -0.1) is 36.4 Å². The van der Waals surface area contributed by atoms with Crippen molar-refractivity contribution in [3.63, 3.8) is 0 Å². The fourth-order valence-corrected chi connectivity index (χ4v) is 3.04. The van der Waals surface area contributed by atoms with E-state index >= 15 is 0 Å². The summed E-state index contributed by atoms with van der Waals surface area (Å²) in [5.41, 5.74) is 2.85. The fraction of sp³-hybridized carbons (Fsp3) is 0.353. The van der Waals surface area contributed by atoms with E-state index in [1.807, 2.05) is 15.3 Å². The number of esters is 1. The molecule has 0 spiro atoms. The minimum Gasteiger partial charge on any atom is -0.494 e. The van der Waals surface area contributed by atoms with Crippen LogP contribution in [0, 0.1) is 0 Å². The van der Waals surface area contributed by atoms with Crippen LogP contribution in [-0.2, 0) is 23.7 Å². The molecule has 0 N–H and O–H groups in total. The number of alkyl halides is 1. The van der Waals surface area contributed by atoms with Gasteiger partial charge >= 0.3 is 5.97 Å². The van der Waals surface area contributed by atoms with Gasteiger partial charge in [-0.1, -0.05) is 0 Å². The number of methoxy groups -OCH3 is 2. The first-order valence-electron chi connectivity index (χ1n) is 7.83. The monoisotopic (exact) mass is 434 g/mol. The molecule has 10 heteroatoms. The molecule has 0 fully saturated rings. The molecule has 0 amide bonds. The first-order valence-corrected chi connectivity index (χ1v) is 8.36. The van der Waals surface area contributed by atoms with E-state index in [1.165, 1.54) is 7.11 Å². The molecule has 0 aliphatic carbocycles. The van der Waals surface area contributed by atoms with E-state index in [4.69, 9.17) is 21.1 Å². The molecule has 0 saturated carbocycles. The molecule has 2 heterocycles. The van der Waals surface area contributed by atoms with Crippen LogP contribution in [-0.4, -0.2) is 39.3 Å². The number of hydrogen-bond acceptors (Lipinski definition) is 5. The zero-order valence-electron chi connectivity index (χ0n) is 15.1. The van der Waals surface area contributed by atoms with E-state index in [2.05, 4.69) is 16.9 Å². The highest BCUT2D eigenvalue weighted by Gasteiger charge is 2.19. The largest absolute Gasteiger partial charge is 0.494 e. The predicted molar refractivity (Wildman–Crippen MR) is 109 cm³/mol. The maximum absolute atomic E-state index is 12.0. The van der Waals surface area contributed by atoms with Crippen molar-refractivity contribution in [2.24, 2.45) is 0 Å². The van der Waals surface area contributed by atoms with E-state index in [0.717, 1.165) is 17.8 Å². The Balaban J connectivity index is 0.00000182. The third-order valence-electron chi connectivity index (χ3n) is 4.12. The van der Waals surface area contributed by atoms with Crippen molar-refractivity contribution >= 4 is 53.4 Å². The van der Waals surface area contributed by atoms with Crippen molar-refractivity contribution in [2.45, 2.75) is 25.9 Å². The van der Waals surface area contributed by atoms with Gasteiger partial charge in [0.15, 0.2) is 0 Å². The van der Waals surface area contributed by atoms with Crippen molar-refractivity contribution in [2.75, 3.05) is 14.2 Å². The van der Waals surface area contributed by atoms with Gasteiger partial charge in [-0.05, 0) is 19.1 Å². The Labute approximate surface area is 174 Å². The van der Waals surface area contributed by atoms with Gasteiger partial charge in [0.25, 0.3) is 0 Å². The lowest BCUT2D eigenvalue weighted by atomic mass is 10.2. The lowest BCUT2D eigenvalue weighted by Crippen LogP contribution is -2.09. The summed E-state index contributed by atoms with van der Waals surface area (Å²) in [6.45, 7) is 3.41. The van der Waals surface area contributed by atoms with Crippen LogP contribution in [0.3, 0.4) is 0 Å². The van der Waals surface area contributed by atoms with E-state index in [1.54, 1.807) is 25.6 Å². The molecule has 0 atom stereocenters. The summed E-state index contributed by atoms with van der Waals surface area (Å²) in [5.74, 6) is 1.01. The molecule has 148 valence electrons. The smallest absolute Gasteiger partial charge is 0.338 e. The number of aryl methyl sites for hydroxylation is 1. The van der Waals surface area contributed by atoms with E-state index < -0.39 is 5.97 Å². The minimum atomic E-state index is -0.432. The van der Waals surface area contributed by atoms with Crippen LogP contribution in [0.25, 0.3) is 11.0 Å². The molecule has 1 aromatic carbocycles. The van der Waals surface area contributed by atoms with Crippen molar-refractivity contribution in [3.05, 3.63) is 41.7 Å². The molecule has 3 aromatic rings. The number of benzene rings is 1. The van der Waals surface area contributed by atoms with Crippen molar-refractivity contribution in [3.8, 4) is 5.75 Å². The Morgan fingerprint density at radius 1 is 1.26 bits per heavy atom. The number of carbonyl (C=O) groups excluding carboxylic acids is 1. The summed E-state index contributed by atoms with van der Waals surface area (Å²) >= 11 is 6.10. The van der Waals surface area contributed by atoms with Gasteiger partial charge in [0, 0.05) is 12.7 Å². The molecule has 3 rings (SSSR count). The maximum atomic E-state index is 12.0. The second-order valence-corrected chi connectivity index (χ2v) is 5.72. The van der Waals surface area contributed by atoms with Gasteiger partial charge in [-0.3, -0.25) is 0 Å². The van der Waals surface area contributed by atoms with Crippen LogP contribution in [0.15, 0.2) is 24.7 Å². The summed E-state index contributed by atoms with van der Waals surface area (Å²) < 4.78 is 14.3. The third kappa shape index (κ3) is 4.31. The fourth-order valence-electron chi connectivity index (χ4n) is 2.84. The van der Waals surface area contributed by atoms with Crippen LogP contribution in [0.4, 0.5) is 0 Å². The number of carbonyl (C=O) groups is 1. The number of ether oxygens (including phenoxy) is 2. The zero-order chi connectivity index (χ0) is 18.0. The van der Waals surface area contributed by atoms with Gasteiger partial charge in [-0.25, -0.2) is 14.8 Å². The van der Waals surface area contributed by atoms with Gasteiger partial charge in [0.2, 0.25) is 0 Å². The number of rotatable bonds is 6. The average molecular weight is 436 g/mol. The van der Waals surface area contributed by atoms with Gasteiger partial charge in [-0.2, -0.15) is 0 Å². The van der Waals surface area contributed by atoms with E-state index in [-0.39, 0.29) is 30.7 Å². The van der Waals surface area contributed by atoms with Crippen LogP contribution in [0.5, 0.6) is 5.75 Å². The standard InChI is InChI=1S/C17H19ClN4O3.2ClH/c1-4-21-10-19-8-12(21)9-22-13-5-11(17(23)25-3)6-14(24-2)16(13)20-15(22)7-18;;/h5-6,8,10H,4,7,9H2,1-3H3;2*1H. The second-order valence-electron chi connectivity index (χ2n) is 5.46. The van der Waals surface area contributed by atoms with Crippen LogP contribution in [0.2, 0.25) is 0 Å². The van der Waals surface area contributed by atoms with Gasteiger partial charge < -0.3 is 18.6 Å². The predicted octanol–water partition coefficient (Wildman–Crippen LogP) is 3.68. The molecule has 0 aliphatic heterocycles. The summed E-state index contributed by atoms with van der Waals surface area (Å²) in [5, 5.41) is 0. The Morgan fingerprint density at radius 3 is 2.59 bits per heavy atom. The molecule has 7 nitrogen and oxygen atoms in total. The number of fused-ring (bicyclic) bond motifs is 1. The van der Waals surface area contributed by atoms with E-state index in [0.29, 0.717) is 29.2 Å². The molecular formula is C17H21Cl3N4O3. The Morgan fingerprint density at radius 2 is 2.00 bits per heavy atom. The second kappa shape index (κ2) is 9.82. The van der Waals surface area contributed by atoms with Crippen molar-refractivity contribution in [1.82, 2.24) is 19.1 Å². The Kier molecular flexibility index (Phi) is 8.40. The number of hydrogen-bond donors (Lipinski definition) is 0. The molecule has 0 aliphatic rings.